The molecular formula is C11H8BrFO3. The molecule has 84 valence electrons. The summed E-state index contributed by atoms with van der Waals surface area (Å²) in [6, 6.07) is 2.71. The van der Waals surface area contributed by atoms with E-state index in [0.717, 1.165) is 0 Å². The number of carboxylic acids is 1. The fourth-order valence-corrected chi connectivity index (χ4v) is 3.06. The molecule has 1 aliphatic carbocycles. The molecule has 1 N–H and O–H groups in total. The minimum absolute atomic E-state index is 0.00120. The Hall–Kier alpha value is -1.10. The zero-order valence-corrected chi connectivity index (χ0v) is 9.70. The monoisotopic (exact) mass is 286 g/mol. The van der Waals surface area contributed by atoms with Gasteiger partial charge in [-0.2, -0.15) is 0 Å². The SMILES string of the molecule is O=C(O)C1[C@H]2c3cc(F)cc(Br)c3OC[C@@H]12. The molecule has 0 aromatic heterocycles. The third-order valence-corrected chi connectivity index (χ3v) is 3.86. The highest BCUT2D eigenvalue weighted by Gasteiger charge is 2.59. The van der Waals surface area contributed by atoms with Gasteiger partial charge in [0, 0.05) is 17.4 Å². The zero-order valence-electron chi connectivity index (χ0n) is 8.11. The average molecular weight is 287 g/mol. The van der Waals surface area contributed by atoms with Crippen LogP contribution in [0.2, 0.25) is 0 Å². The van der Waals surface area contributed by atoms with Crippen molar-refractivity contribution in [3.8, 4) is 5.75 Å². The third-order valence-electron chi connectivity index (χ3n) is 3.27. The molecule has 1 saturated carbocycles. The molecule has 0 saturated heterocycles. The number of halogens is 2. The highest BCUT2D eigenvalue weighted by atomic mass is 79.9. The summed E-state index contributed by atoms with van der Waals surface area (Å²) in [5.41, 5.74) is 0.676. The number of benzene rings is 1. The van der Waals surface area contributed by atoms with E-state index in [4.69, 9.17) is 9.84 Å². The highest BCUT2D eigenvalue weighted by Crippen LogP contribution is 2.60. The van der Waals surface area contributed by atoms with E-state index in [9.17, 15) is 9.18 Å². The van der Waals surface area contributed by atoms with Gasteiger partial charge in [0.05, 0.1) is 17.0 Å². The van der Waals surface area contributed by atoms with Gasteiger partial charge >= 0.3 is 5.97 Å². The fourth-order valence-electron chi connectivity index (χ4n) is 2.50. The molecule has 1 heterocycles. The molecule has 1 aromatic carbocycles. The lowest BCUT2D eigenvalue weighted by atomic mass is 10.1. The summed E-state index contributed by atoms with van der Waals surface area (Å²) in [7, 11) is 0. The van der Waals surface area contributed by atoms with Crippen LogP contribution < -0.4 is 4.74 Å². The molecule has 3 rings (SSSR count). The van der Waals surface area contributed by atoms with Crippen LogP contribution in [0.25, 0.3) is 0 Å². The number of hydrogen-bond donors (Lipinski definition) is 1. The van der Waals surface area contributed by atoms with Crippen LogP contribution in [0.1, 0.15) is 11.5 Å². The number of rotatable bonds is 1. The van der Waals surface area contributed by atoms with Gasteiger partial charge in [0.2, 0.25) is 0 Å². The number of aliphatic carboxylic acids is 1. The van der Waals surface area contributed by atoms with Crippen molar-refractivity contribution in [3.05, 3.63) is 28.0 Å². The molecule has 16 heavy (non-hydrogen) atoms. The van der Waals surface area contributed by atoms with Gasteiger partial charge < -0.3 is 9.84 Å². The lowest BCUT2D eigenvalue weighted by Crippen LogP contribution is -2.09. The Labute approximate surface area is 99.3 Å². The Morgan fingerprint density at radius 3 is 3.00 bits per heavy atom. The first-order valence-corrected chi connectivity index (χ1v) is 5.73. The Kier molecular flexibility index (Phi) is 2.01. The summed E-state index contributed by atoms with van der Waals surface area (Å²) < 4.78 is 19.3. The van der Waals surface area contributed by atoms with Crippen LogP contribution >= 0.6 is 15.9 Å². The first-order valence-electron chi connectivity index (χ1n) is 4.94. The van der Waals surface area contributed by atoms with Crippen LogP contribution in [-0.2, 0) is 4.79 Å². The van der Waals surface area contributed by atoms with Crippen molar-refractivity contribution in [1.82, 2.24) is 0 Å². The maximum absolute atomic E-state index is 13.2. The summed E-state index contributed by atoms with van der Waals surface area (Å²) in [6.45, 7) is 0.402. The molecule has 5 heteroatoms. The lowest BCUT2D eigenvalue weighted by Gasteiger charge is -2.17. The second-order valence-electron chi connectivity index (χ2n) is 4.17. The van der Waals surface area contributed by atoms with E-state index in [1.165, 1.54) is 12.1 Å². The number of carboxylic acid groups (broad SMARTS) is 1. The van der Waals surface area contributed by atoms with E-state index < -0.39 is 11.9 Å². The van der Waals surface area contributed by atoms with Crippen molar-refractivity contribution in [2.45, 2.75) is 5.92 Å². The second kappa shape index (κ2) is 3.20. The molecule has 1 aromatic rings. The van der Waals surface area contributed by atoms with Crippen molar-refractivity contribution >= 4 is 21.9 Å². The maximum Gasteiger partial charge on any atom is 0.307 e. The van der Waals surface area contributed by atoms with E-state index in [-0.39, 0.29) is 17.7 Å². The van der Waals surface area contributed by atoms with Crippen LogP contribution in [-0.4, -0.2) is 17.7 Å². The summed E-state index contributed by atoms with van der Waals surface area (Å²) in [6.07, 6.45) is 0. The Bertz CT molecular complexity index is 488. The van der Waals surface area contributed by atoms with Crippen molar-refractivity contribution in [2.24, 2.45) is 11.8 Å². The van der Waals surface area contributed by atoms with E-state index in [2.05, 4.69) is 15.9 Å². The lowest BCUT2D eigenvalue weighted by molar-refractivity contribution is -0.139. The van der Waals surface area contributed by atoms with Gasteiger partial charge in [-0.1, -0.05) is 0 Å². The largest absolute Gasteiger partial charge is 0.492 e. The Balaban J connectivity index is 2.07. The fraction of sp³-hybridized carbons (Fsp3) is 0.364. The normalized spacial score (nSPS) is 30.0. The predicted molar refractivity (Wildman–Crippen MR) is 57.0 cm³/mol. The minimum atomic E-state index is -0.827. The maximum atomic E-state index is 13.2. The molecule has 1 fully saturated rings. The van der Waals surface area contributed by atoms with E-state index in [0.29, 0.717) is 22.4 Å². The first kappa shape index (κ1) is 10.1. The van der Waals surface area contributed by atoms with Gasteiger partial charge in [0.1, 0.15) is 11.6 Å². The first-order chi connectivity index (χ1) is 7.59. The van der Waals surface area contributed by atoms with Gasteiger partial charge in [-0.25, -0.2) is 4.39 Å². The van der Waals surface area contributed by atoms with Gasteiger partial charge in [-0.15, -0.1) is 0 Å². The van der Waals surface area contributed by atoms with Crippen molar-refractivity contribution in [1.29, 1.82) is 0 Å². The minimum Gasteiger partial charge on any atom is -0.492 e. The number of hydrogen-bond acceptors (Lipinski definition) is 2. The van der Waals surface area contributed by atoms with E-state index in [1.807, 2.05) is 0 Å². The van der Waals surface area contributed by atoms with Gasteiger partial charge in [-0.3, -0.25) is 4.79 Å². The van der Waals surface area contributed by atoms with E-state index >= 15 is 0 Å². The Morgan fingerprint density at radius 2 is 2.31 bits per heavy atom. The quantitative estimate of drug-likeness (QED) is 0.862. The molecule has 2 aliphatic rings. The van der Waals surface area contributed by atoms with Crippen molar-refractivity contribution < 1.29 is 19.0 Å². The van der Waals surface area contributed by atoms with Crippen molar-refractivity contribution in [2.75, 3.05) is 6.61 Å². The average Bonchev–Trinajstić information content (AvgIpc) is 2.91. The van der Waals surface area contributed by atoms with Crippen LogP contribution in [0.3, 0.4) is 0 Å². The standard InChI is InChI=1S/C11H8BrFO3/c12-7-2-4(13)1-5-8-6(3-16-10(5)7)9(8)11(14)15/h1-2,6,8-9H,3H2,(H,14,15)/t6-,8+,9?/m1/s1. The molecule has 0 spiro atoms. The molecule has 3 atom stereocenters. The van der Waals surface area contributed by atoms with Crippen LogP contribution in [0.15, 0.2) is 16.6 Å². The van der Waals surface area contributed by atoms with E-state index in [1.54, 1.807) is 0 Å². The third kappa shape index (κ3) is 1.27. The van der Waals surface area contributed by atoms with Gasteiger partial charge in [0.25, 0.3) is 0 Å². The molecule has 1 aliphatic heterocycles. The summed E-state index contributed by atoms with van der Waals surface area (Å²) in [5, 5.41) is 8.99. The second-order valence-corrected chi connectivity index (χ2v) is 5.02. The zero-order chi connectivity index (χ0) is 11.4. The molecule has 0 bridgehead atoms. The highest BCUT2D eigenvalue weighted by molar-refractivity contribution is 9.10. The number of fused-ring (bicyclic) bond motifs is 3. The van der Waals surface area contributed by atoms with Gasteiger partial charge in [0.15, 0.2) is 0 Å². The Morgan fingerprint density at radius 1 is 1.56 bits per heavy atom. The molecule has 3 nitrogen and oxygen atoms in total. The molecule has 0 radical (unpaired) electrons. The summed E-state index contributed by atoms with van der Waals surface area (Å²) in [5.74, 6) is -1.12. The van der Waals surface area contributed by atoms with Gasteiger partial charge in [-0.05, 0) is 28.1 Å². The summed E-state index contributed by atoms with van der Waals surface area (Å²) >= 11 is 3.22. The van der Waals surface area contributed by atoms with Crippen LogP contribution in [0.4, 0.5) is 4.39 Å². The van der Waals surface area contributed by atoms with Crippen LogP contribution in [0, 0.1) is 17.7 Å². The molecular weight excluding hydrogens is 279 g/mol. The van der Waals surface area contributed by atoms with Crippen LogP contribution in [0.5, 0.6) is 5.75 Å². The number of ether oxygens (including phenoxy) is 1. The molecule has 0 amide bonds. The smallest absolute Gasteiger partial charge is 0.307 e. The number of carbonyl (C=O) groups is 1. The molecule has 1 unspecified atom stereocenters. The topological polar surface area (TPSA) is 46.5 Å². The summed E-state index contributed by atoms with van der Waals surface area (Å²) in [4.78, 5) is 10.9. The predicted octanol–water partition coefficient (Wildman–Crippen LogP) is 2.39. The van der Waals surface area contributed by atoms with Crippen molar-refractivity contribution in [3.63, 3.8) is 0 Å².